The van der Waals surface area contributed by atoms with Crippen LogP contribution in [0, 0.1) is 5.92 Å². The fraction of sp³-hybridized carbons (Fsp3) is 0.364. The van der Waals surface area contributed by atoms with Crippen LogP contribution >= 0.6 is 0 Å². The first kappa shape index (κ1) is 22.3. The molecule has 0 saturated carbocycles. The molecule has 0 unspecified atom stereocenters. The van der Waals surface area contributed by atoms with Crippen molar-refractivity contribution >= 4 is 26.8 Å². The van der Waals surface area contributed by atoms with E-state index in [4.69, 9.17) is 9.94 Å². The molecule has 32 heavy (non-hydrogen) atoms. The lowest BCUT2D eigenvalue weighted by molar-refractivity contribution is -0.128. The maximum absolute atomic E-state index is 13.3. The molecule has 170 valence electrons. The zero-order valence-electron chi connectivity index (χ0n) is 17.9. The van der Waals surface area contributed by atoms with Crippen LogP contribution in [0.3, 0.4) is 0 Å². The van der Waals surface area contributed by atoms with Crippen LogP contribution in [0.25, 0.3) is 10.9 Å². The number of fused-ring (bicyclic) bond motifs is 1. The topological polar surface area (TPSA) is 114 Å². The summed E-state index contributed by atoms with van der Waals surface area (Å²) in [6.45, 7) is 5.01. The minimum atomic E-state index is -3.67. The number of nitrogens with one attached hydrogen (secondary N) is 1. The number of carbonyl (C=O) groups is 1. The van der Waals surface area contributed by atoms with Gasteiger partial charge in [0.05, 0.1) is 35.2 Å². The van der Waals surface area contributed by atoms with Crippen molar-refractivity contribution in [2.24, 2.45) is 5.92 Å². The number of benzene rings is 2. The Balaban J connectivity index is 1.63. The van der Waals surface area contributed by atoms with Gasteiger partial charge in [0.15, 0.2) is 0 Å². The van der Waals surface area contributed by atoms with E-state index in [1.54, 1.807) is 29.7 Å². The van der Waals surface area contributed by atoms with E-state index in [9.17, 15) is 13.2 Å². The van der Waals surface area contributed by atoms with Gasteiger partial charge in [0.1, 0.15) is 5.75 Å². The summed E-state index contributed by atoms with van der Waals surface area (Å²) in [6, 6.07) is 13.8. The van der Waals surface area contributed by atoms with Crippen LogP contribution in [0.2, 0.25) is 0 Å². The zero-order valence-corrected chi connectivity index (χ0v) is 18.7. The Morgan fingerprint density at radius 1 is 1.19 bits per heavy atom. The van der Waals surface area contributed by atoms with Crippen LogP contribution in [0.15, 0.2) is 53.4 Å². The maximum atomic E-state index is 13.3. The van der Waals surface area contributed by atoms with E-state index in [1.807, 2.05) is 42.8 Å². The highest BCUT2D eigenvalue weighted by molar-refractivity contribution is 7.89. The SMILES string of the molecule is CCOc1ccc(S(=O)(=O)N2C[C@@H](C)[C@@H](n3nc(CC(=O)NO)c4ccccc43)C2)cc1. The van der Waals surface area contributed by atoms with Gasteiger partial charge in [-0.25, -0.2) is 13.9 Å². The number of hydrogen-bond donors (Lipinski definition) is 2. The van der Waals surface area contributed by atoms with Gasteiger partial charge in [0, 0.05) is 18.5 Å². The summed E-state index contributed by atoms with van der Waals surface area (Å²) in [5.41, 5.74) is 3.00. The summed E-state index contributed by atoms with van der Waals surface area (Å²) in [7, 11) is -3.67. The Morgan fingerprint density at radius 3 is 2.59 bits per heavy atom. The van der Waals surface area contributed by atoms with E-state index in [-0.39, 0.29) is 29.8 Å². The Kier molecular flexibility index (Phi) is 6.18. The number of nitrogens with zero attached hydrogens (tertiary/aromatic N) is 3. The number of amides is 1. The van der Waals surface area contributed by atoms with Gasteiger partial charge >= 0.3 is 0 Å². The molecule has 1 aliphatic rings. The van der Waals surface area contributed by atoms with Gasteiger partial charge in [-0.05, 0) is 43.2 Å². The highest BCUT2D eigenvalue weighted by Crippen LogP contribution is 2.34. The molecule has 0 spiro atoms. The lowest BCUT2D eigenvalue weighted by Gasteiger charge is -2.18. The van der Waals surface area contributed by atoms with Gasteiger partial charge in [-0.2, -0.15) is 9.40 Å². The summed E-state index contributed by atoms with van der Waals surface area (Å²) in [5.74, 6) is 0.0800. The minimum Gasteiger partial charge on any atom is -0.494 e. The van der Waals surface area contributed by atoms with Gasteiger partial charge in [-0.1, -0.05) is 25.1 Å². The maximum Gasteiger partial charge on any atom is 0.249 e. The van der Waals surface area contributed by atoms with Gasteiger partial charge in [-0.3, -0.25) is 14.7 Å². The van der Waals surface area contributed by atoms with Crippen LogP contribution in [0.1, 0.15) is 25.6 Å². The molecule has 1 aromatic heterocycles. The summed E-state index contributed by atoms with van der Waals surface area (Å²) in [5, 5.41) is 14.3. The first-order chi connectivity index (χ1) is 15.3. The third kappa shape index (κ3) is 4.08. The molecule has 1 aliphatic heterocycles. The van der Waals surface area contributed by atoms with Crippen molar-refractivity contribution in [3.05, 3.63) is 54.2 Å². The second-order valence-corrected chi connectivity index (χ2v) is 9.83. The molecule has 10 heteroatoms. The molecule has 3 aromatic rings. The van der Waals surface area contributed by atoms with Crippen LogP contribution in [-0.2, 0) is 21.2 Å². The molecule has 2 aromatic carbocycles. The van der Waals surface area contributed by atoms with E-state index in [2.05, 4.69) is 5.10 Å². The average Bonchev–Trinajstić information content (AvgIpc) is 3.35. The Bertz CT molecular complexity index is 1220. The molecule has 9 nitrogen and oxygen atoms in total. The summed E-state index contributed by atoms with van der Waals surface area (Å²) in [6.07, 6.45) is -0.0701. The van der Waals surface area contributed by atoms with Gasteiger partial charge < -0.3 is 4.74 Å². The summed E-state index contributed by atoms with van der Waals surface area (Å²) in [4.78, 5) is 11.9. The molecule has 1 amide bonds. The normalized spacial score (nSPS) is 19.3. The fourth-order valence-electron chi connectivity index (χ4n) is 4.17. The second-order valence-electron chi connectivity index (χ2n) is 7.89. The van der Waals surface area contributed by atoms with Gasteiger partial charge in [0.2, 0.25) is 15.9 Å². The molecule has 0 radical (unpaired) electrons. The Labute approximate surface area is 186 Å². The third-order valence-corrected chi connectivity index (χ3v) is 7.61. The van der Waals surface area contributed by atoms with Crippen molar-refractivity contribution in [1.82, 2.24) is 19.6 Å². The first-order valence-electron chi connectivity index (χ1n) is 10.5. The van der Waals surface area contributed by atoms with Crippen LogP contribution in [-0.4, -0.2) is 53.3 Å². The fourth-order valence-corrected chi connectivity index (χ4v) is 5.73. The highest BCUT2D eigenvalue weighted by atomic mass is 32.2. The van der Waals surface area contributed by atoms with Crippen molar-refractivity contribution in [1.29, 1.82) is 0 Å². The molecule has 2 N–H and O–H groups in total. The number of aromatic nitrogens is 2. The van der Waals surface area contributed by atoms with E-state index in [0.29, 0.717) is 24.6 Å². The zero-order chi connectivity index (χ0) is 22.9. The summed E-state index contributed by atoms with van der Waals surface area (Å²) >= 11 is 0. The number of sulfonamides is 1. The number of rotatable bonds is 7. The van der Waals surface area contributed by atoms with E-state index in [0.717, 1.165) is 10.9 Å². The van der Waals surface area contributed by atoms with Crippen molar-refractivity contribution < 1.29 is 23.2 Å². The number of para-hydroxylation sites is 1. The van der Waals surface area contributed by atoms with E-state index >= 15 is 0 Å². The molecule has 1 fully saturated rings. The third-order valence-electron chi connectivity index (χ3n) is 5.77. The number of hydrogen-bond acceptors (Lipinski definition) is 6. The second kappa shape index (κ2) is 8.89. The molecule has 4 rings (SSSR count). The first-order valence-corrected chi connectivity index (χ1v) is 11.9. The van der Waals surface area contributed by atoms with Crippen molar-refractivity contribution in [3.63, 3.8) is 0 Å². The van der Waals surface area contributed by atoms with Crippen molar-refractivity contribution in [3.8, 4) is 5.75 Å². The number of carbonyl (C=O) groups excluding carboxylic acids is 1. The summed E-state index contributed by atoms with van der Waals surface area (Å²) < 4.78 is 35.2. The molecule has 2 heterocycles. The lowest BCUT2D eigenvalue weighted by atomic mass is 10.1. The quantitative estimate of drug-likeness (QED) is 0.415. The molecular weight excluding hydrogens is 432 g/mol. The highest BCUT2D eigenvalue weighted by Gasteiger charge is 2.39. The molecule has 0 aliphatic carbocycles. The smallest absolute Gasteiger partial charge is 0.249 e. The van der Waals surface area contributed by atoms with E-state index in [1.165, 1.54) is 4.31 Å². The average molecular weight is 459 g/mol. The van der Waals surface area contributed by atoms with Crippen molar-refractivity contribution in [2.45, 2.75) is 31.2 Å². The predicted molar refractivity (Wildman–Crippen MR) is 118 cm³/mol. The van der Waals surface area contributed by atoms with Gasteiger partial charge in [-0.15, -0.1) is 0 Å². The lowest BCUT2D eigenvalue weighted by Crippen LogP contribution is -2.29. The number of hydroxylamine groups is 1. The molecule has 0 bridgehead atoms. The van der Waals surface area contributed by atoms with Crippen LogP contribution in [0.4, 0.5) is 0 Å². The minimum absolute atomic E-state index is 0.00953. The van der Waals surface area contributed by atoms with Crippen LogP contribution < -0.4 is 10.2 Å². The standard InChI is InChI=1S/C22H26N4O5S/c1-3-31-16-8-10-17(11-9-16)32(29,30)25-13-15(2)21(14-25)26-20-7-5-4-6-18(20)19(23-26)12-22(27)24-28/h4-11,15,21,28H,3,12-14H2,1-2H3,(H,24,27)/t15-,21+/m1/s1. The van der Waals surface area contributed by atoms with Gasteiger partial charge in [0.25, 0.3) is 0 Å². The predicted octanol–water partition coefficient (Wildman–Crippen LogP) is 2.36. The number of ether oxygens (including phenoxy) is 1. The molecule has 2 atom stereocenters. The Hall–Kier alpha value is -2.95. The van der Waals surface area contributed by atoms with Crippen molar-refractivity contribution in [2.75, 3.05) is 19.7 Å². The van der Waals surface area contributed by atoms with E-state index < -0.39 is 15.9 Å². The monoisotopic (exact) mass is 458 g/mol. The molecule has 1 saturated heterocycles. The Morgan fingerprint density at radius 2 is 1.91 bits per heavy atom. The molecular formula is C22H26N4O5S. The van der Waals surface area contributed by atoms with Crippen LogP contribution in [0.5, 0.6) is 5.75 Å². The largest absolute Gasteiger partial charge is 0.494 e.